The van der Waals surface area contributed by atoms with Crippen molar-refractivity contribution >= 4 is 17.2 Å². The van der Waals surface area contributed by atoms with Gasteiger partial charge >= 0.3 is 0 Å². The number of aryl methyl sites for hydroxylation is 3. The van der Waals surface area contributed by atoms with Crippen LogP contribution in [0.5, 0.6) is 5.75 Å². The van der Waals surface area contributed by atoms with Crippen molar-refractivity contribution in [2.75, 3.05) is 14.2 Å². The van der Waals surface area contributed by atoms with Crippen LogP contribution < -0.4 is 16.2 Å². The number of rotatable bonds is 7. The van der Waals surface area contributed by atoms with Gasteiger partial charge in [0.15, 0.2) is 0 Å². The van der Waals surface area contributed by atoms with E-state index in [9.17, 15) is 0 Å². The summed E-state index contributed by atoms with van der Waals surface area (Å²) in [6.45, 7) is 6.03. The number of thiazole rings is 1. The quantitative estimate of drug-likeness (QED) is 0.394. The number of hydrogen-bond acceptors (Lipinski definition) is 5. The Balaban J connectivity index is 0.00000134. The molecule has 0 radical (unpaired) electrons. The van der Waals surface area contributed by atoms with Gasteiger partial charge in [-0.15, -0.1) is 11.3 Å². The highest BCUT2D eigenvalue weighted by atomic mass is 32.1. The van der Waals surface area contributed by atoms with E-state index in [-0.39, 0.29) is 5.84 Å². The predicted octanol–water partition coefficient (Wildman–Crippen LogP) is 3.91. The monoisotopic (exact) mass is 364 g/mol. The second-order valence-corrected chi connectivity index (χ2v) is 6.07. The van der Waals surface area contributed by atoms with Crippen molar-refractivity contribution in [2.45, 2.75) is 46.5 Å². The number of hydrogen-bond donors (Lipinski definition) is 3. The highest BCUT2D eigenvalue weighted by molar-refractivity contribution is 7.09. The standard InChI is InChI=1S/C16H21N3OS.C2H6.CH5N/c1-11-19-14(10-21-11)6-4-3-5-12-9-13(16(17)18)7-8-15(12)20-2;2*1-2/h7-10H,3-6H2,1-2H3,(H3,17,18);1-2H3;2H2,1H3. The van der Waals surface area contributed by atoms with Crippen LogP contribution in [0.4, 0.5) is 0 Å². The highest BCUT2D eigenvalue weighted by Gasteiger charge is 2.06. The zero-order valence-corrected chi connectivity index (χ0v) is 16.9. The molecule has 5 N–H and O–H groups in total. The summed E-state index contributed by atoms with van der Waals surface area (Å²) in [5, 5.41) is 10.8. The maximum absolute atomic E-state index is 7.52. The normalized spacial score (nSPS) is 9.36. The molecule has 5 nitrogen and oxygen atoms in total. The smallest absolute Gasteiger partial charge is 0.122 e. The first-order valence-corrected chi connectivity index (χ1v) is 9.48. The molecule has 1 heterocycles. The van der Waals surface area contributed by atoms with Gasteiger partial charge in [0, 0.05) is 10.9 Å². The Labute approximate surface area is 155 Å². The Morgan fingerprint density at radius 3 is 2.36 bits per heavy atom. The molecule has 0 saturated heterocycles. The van der Waals surface area contributed by atoms with Crippen molar-refractivity contribution in [3.8, 4) is 5.75 Å². The first-order chi connectivity index (χ1) is 12.1. The molecule has 0 aliphatic carbocycles. The van der Waals surface area contributed by atoms with Crippen LogP contribution >= 0.6 is 11.3 Å². The van der Waals surface area contributed by atoms with E-state index < -0.39 is 0 Å². The van der Waals surface area contributed by atoms with Gasteiger partial charge in [0.2, 0.25) is 0 Å². The summed E-state index contributed by atoms with van der Waals surface area (Å²) >= 11 is 1.70. The van der Waals surface area contributed by atoms with Crippen LogP contribution in [0.2, 0.25) is 0 Å². The molecule has 2 rings (SSSR count). The van der Waals surface area contributed by atoms with Crippen molar-refractivity contribution in [3.63, 3.8) is 0 Å². The van der Waals surface area contributed by atoms with Gasteiger partial charge in [-0.1, -0.05) is 13.8 Å². The maximum atomic E-state index is 7.52. The van der Waals surface area contributed by atoms with Crippen LogP contribution in [0.3, 0.4) is 0 Å². The Kier molecular flexibility index (Phi) is 12.4. The Morgan fingerprint density at radius 1 is 1.20 bits per heavy atom. The van der Waals surface area contributed by atoms with Gasteiger partial charge in [0.25, 0.3) is 0 Å². The lowest BCUT2D eigenvalue weighted by atomic mass is 10.0. The molecule has 0 spiro atoms. The summed E-state index contributed by atoms with van der Waals surface area (Å²) < 4.78 is 5.38. The van der Waals surface area contributed by atoms with E-state index in [2.05, 4.69) is 16.1 Å². The van der Waals surface area contributed by atoms with Crippen molar-refractivity contribution in [2.24, 2.45) is 11.5 Å². The summed E-state index contributed by atoms with van der Waals surface area (Å²) in [7, 11) is 3.17. The fourth-order valence-corrected chi connectivity index (χ4v) is 2.93. The number of amidine groups is 1. The lowest BCUT2D eigenvalue weighted by Gasteiger charge is -2.10. The zero-order valence-electron chi connectivity index (χ0n) is 16.1. The molecule has 0 aliphatic heterocycles. The average Bonchev–Trinajstić information content (AvgIpc) is 3.07. The van der Waals surface area contributed by atoms with E-state index in [0.717, 1.165) is 47.6 Å². The van der Waals surface area contributed by atoms with Crippen molar-refractivity contribution in [1.82, 2.24) is 4.98 Å². The van der Waals surface area contributed by atoms with E-state index in [1.54, 1.807) is 18.4 Å². The molecule has 0 aliphatic rings. The van der Waals surface area contributed by atoms with Crippen molar-refractivity contribution < 1.29 is 4.74 Å². The van der Waals surface area contributed by atoms with Gasteiger partial charge in [-0.3, -0.25) is 5.41 Å². The summed E-state index contributed by atoms with van der Waals surface area (Å²) in [5.41, 5.74) is 13.1. The van der Waals surface area contributed by atoms with E-state index >= 15 is 0 Å². The molecule has 0 amide bonds. The molecule has 6 heteroatoms. The third-order valence-electron chi connectivity index (χ3n) is 3.39. The van der Waals surface area contributed by atoms with E-state index in [1.807, 2.05) is 39.0 Å². The van der Waals surface area contributed by atoms with Crippen LogP contribution in [0.15, 0.2) is 23.6 Å². The lowest BCUT2D eigenvalue weighted by Crippen LogP contribution is -2.11. The number of nitrogen functional groups attached to an aromatic ring is 1. The molecule has 2 aromatic rings. The number of unbranched alkanes of at least 4 members (excludes halogenated alkanes) is 1. The largest absolute Gasteiger partial charge is 0.496 e. The van der Waals surface area contributed by atoms with Crippen LogP contribution in [0, 0.1) is 12.3 Å². The molecule has 140 valence electrons. The number of nitrogens with one attached hydrogen (secondary N) is 1. The van der Waals surface area contributed by atoms with Crippen LogP contribution in [-0.2, 0) is 12.8 Å². The topological polar surface area (TPSA) is 98.0 Å². The average molecular weight is 365 g/mol. The Bertz CT molecular complexity index is 626. The molecule has 0 unspecified atom stereocenters. The van der Waals surface area contributed by atoms with Gasteiger partial charge in [0.05, 0.1) is 17.8 Å². The number of aromatic nitrogens is 1. The summed E-state index contributed by atoms with van der Waals surface area (Å²) in [5.74, 6) is 0.960. The molecule has 0 saturated carbocycles. The molecule has 0 atom stereocenters. The minimum atomic E-state index is 0.0943. The van der Waals surface area contributed by atoms with Gasteiger partial charge < -0.3 is 16.2 Å². The van der Waals surface area contributed by atoms with E-state index in [1.165, 1.54) is 12.7 Å². The fraction of sp³-hybridized carbons (Fsp3) is 0.474. The molecule has 1 aromatic heterocycles. The molecular weight excluding hydrogens is 332 g/mol. The fourth-order valence-electron chi connectivity index (χ4n) is 2.29. The minimum absolute atomic E-state index is 0.0943. The summed E-state index contributed by atoms with van der Waals surface area (Å²) in [6.07, 6.45) is 4.09. The van der Waals surface area contributed by atoms with Gasteiger partial charge in [-0.05, 0) is 63.4 Å². The maximum Gasteiger partial charge on any atom is 0.122 e. The van der Waals surface area contributed by atoms with Crippen LogP contribution in [-0.4, -0.2) is 25.0 Å². The Hall–Kier alpha value is -1.92. The lowest BCUT2D eigenvalue weighted by molar-refractivity contribution is 0.409. The second kappa shape index (κ2) is 13.4. The van der Waals surface area contributed by atoms with Crippen molar-refractivity contribution in [3.05, 3.63) is 45.4 Å². The van der Waals surface area contributed by atoms with Gasteiger partial charge in [-0.25, -0.2) is 4.98 Å². The Morgan fingerprint density at radius 2 is 1.84 bits per heavy atom. The first-order valence-electron chi connectivity index (χ1n) is 8.60. The van der Waals surface area contributed by atoms with Crippen LogP contribution in [0.25, 0.3) is 0 Å². The van der Waals surface area contributed by atoms with Gasteiger partial charge in [-0.2, -0.15) is 0 Å². The number of methoxy groups -OCH3 is 1. The number of ether oxygens (including phenoxy) is 1. The minimum Gasteiger partial charge on any atom is -0.496 e. The van der Waals surface area contributed by atoms with E-state index in [0.29, 0.717) is 0 Å². The highest BCUT2D eigenvalue weighted by Crippen LogP contribution is 2.22. The first kappa shape index (κ1) is 23.1. The van der Waals surface area contributed by atoms with Crippen molar-refractivity contribution in [1.29, 1.82) is 5.41 Å². The number of nitrogens with two attached hydrogens (primary N) is 2. The second-order valence-electron chi connectivity index (χ2n) is 5.01. The molecular formula is C19H32N4OS. The third kappa shape index (κ3) is 8.14. The van der Waals surface area contributed by atoms with Gasteiger partial charge in [0.1, 0.15) is 11.6 Å². The third-order valence-corrected chi connectivity index (χ3v) is 4.21. The van der Waals surface area contributed by atoms with Crippen LogP contribution in [0.1, 0.15) is 48.5 Å². The zero-order chi connectivity index (χ0) is 19.2. The SMILES string of the molecule is CC.CN.COc1ccc(C(=N)N)cc1CCCCc1csc(C)n1. The van der Waals surface area contributed by atoms with E-state index in [4.69, 9.17) is 15.9 Å². The molecule has 25 heavy (non-hydrogen) atoms. The summed E-state index contributed by atoms with van der Waals surface area (Å²) in [6, 6.07) is 5.66. The number of benzene rings is 1. The molecule has 0 fully saturated rings. The molecule has 0 bridgehead atoms. The number of nitrogens with zero attached hydrogens (tertiary/aromatic N) is 1. The summed E-state index contributed by atoms with van der Waals surface area (Å²) in [4.78, 5) is 4.48. The predicted molar refractivity (Wildman–Crippen MR) is 109 cm³/mol. The molecule has 1 aromatic carbocycles.